The number of esters is 1. The molecule has 3 N–H and O–H groups in total. The van der Waals surface area contributed by atoms with Gasteiger partial charge in [-0.1, -0.05) is 60.7 Å². The topological polar surface area (TPSA) is 117 Å². The summed E-state index contributed by atoms with van der Waals surface area (Å²) in [6, 6.07) is 19.4. The molecular formula is C26H25N3O5. The average molecular weight is 460 g/mol. The maximum Gasteiger partial charge on any atom is 0.308 e. The van der Waals surface area contributed by atoms with Gasteiger partial charge >= 0.3 is 5.97 Å². The van der Waals surface area contributed by atoms with Crippen molar-refractivity contribution in [2.24, 2.45) is 5.92 Å². The molecule has 1 heterocycles. The molecule has 0 saturated heterocycles. The second-order valence-electron chi connectivity index (χ2n) is 8.21. The molecule has 2 aromatic carbocycles. The highest BCUT2D eigenvalue weighted by atomic mass is 16.5. The highest BCUT2D eigenvalue weighted by Gasteiger charge is 2.36. The number of aromatic amines is 1. The van der Waals surface area contributed by atoms with Crippen LogP contribution in [0.3, 0.4) is 0 Å². The molecule has 174 valence electrons. The van der Waals surface area contributed by atoms with Crippen molar-refractivity contribution in [2.45, 2.75) is 24.9 Å². The number of pyridine rings is 1. The Labute approximate surface area is 196 Å². The molecule has 0 spiro atoms. The summed E-state index contributed by atoms with van der Waals surface area (Å²) in [5, 5.41) is 5.70. The SMILES string of the molecule is COC(=O)C1CC(NC(=O)c2cc(=O)c(C(=O)NC(c3ccccc3)c3ccccc3)c[nH]2)C1. The number of aromatic nitrogens is 1. The van der Waals surface area contributed by atoms with Crippen LogP contribution in [0, 0.1) is 5.92 Å². The van der Waals surface area contributed by atoms with Gasteiger partial charge in [0.05, 0.1) is 19.1 Å². The van der Waals surface area contributed by atoms with Gasteiger partial charge in [0.25, 0.3) is 11.8 Å². The molecule has 1 aromatic heterocycles. The molecule has 1 aliphatic rings. The van der Waals surface area contributed by atoms with E-state index in [1.807, 2.05) is 60.7 Å². The molecule has 0 atom stereocenters. The van der Waals surface area contributed by atoms with Crippen LogP contribution in [0.5, 0.6) is 0 Å². The summed E-state index contributed by atoms with van der Waals surface area (Å²) in [6.07, 6.45) is 2.23. The minimum absolute atomic E-state index is 0.0470. The van der Waals surface area contributed by atoms with E-state index in [1.165, 1.54) is 13.3 Å². The number of amides is 2. The van der Waals surface area contributed by atoms with Crippen molar-refractivity contribution in [3.05, 3.63) is 106 Å². The van der Waals surface area contributed by atoms with Crippen LogP contribution in [-0.2, 0) is 9.53 Å². The summed E-state index contributed by atoms with van der Waals surface area (Å²) in [5.41, 5.74) is 1.14. The van der Waals surface area contributed by atoms with Gasteiger partial charge in [-0.3, -0.25) is 19.2 Å². The normalized spacial score (nSPS) is 16.9. The maximum atomic E-state index is 13.0. The van der Waals surface area contributed by atoms with Crippen LogP contribution in [0.2, 0.25) is 0 Å². The van der Waals surface area contributed by atoms with Gasteiger partial charge in [0.2, 0.25) is 0 Å². The lowest BCUT2D eigenvalue weighted by molar-refractivity contribution is -0.149. The number of ether oxygens (including phenoxy) is 1. The molecule has 2 amide bonds. The summed E-state index contributed by atoms with van der Waals surface area (Å²) in [7, 11) is 1.33. The van der Waals surface area contributed by atoms with Gasteiger partial charge in [0.1, 0.15) is 11.3 Å². The van der Waals surface area contributed by atoms with Crippen molar-refractivity contribution in [1.29, 1.82) is 0 Å². The second kappa shape index (κ2) is 10.2. The smallest absolute Gasteiger partial charge is 0.308 e. The van der Waals surface area contributed by atoms with Crippen molar-refractivity contribution >= 4 is 17.8 Å². The predicted octanol–water partition coefficient (Wildman–Crippen LogP) is 2.58. The summed E-state index contributed by atoms with van der Waals surface area (Å²) < 4.78 is 4.69. The molecule has 8 heteroatoms. The fraction of sp³-hybridized carbons (Fsp3) is 0.231. The largest absolute Gasteiger partial charge is 0.469 e. The van der Waals surface area contributed by atoms with Crippen LogP contribution >= 0.6 is 0 Å². The Balaban J connectivity index is 1.46. The van der Waals surface area contributed by atoms with Crippen molar-refractivity contribution in [3.63, 3.8) is 0 Å². The fourth-order valence-electron chi connectivity index (χ4n) is 4.00. The second-order valence-corrected chi connectivity index (χ2v) is 8.21. The fourth-order valence-corrected chi connectivity index (χ4v) is 4.00. The first-order chi connectivity index (χ1) is 16.5. The summed E-state index contributed by atoms with van der Waals surface area (Å²) in [5.74, 6) is -1.53. The third kappa shape index (κ3) is 5.06. The highest BCUT2D eigenvalue weighted by molar-refractivity contribution is 5.96. The molecule has 0 bridgehead atoms. The Bertz CT molecular complexity index is 1190. The van der Waals surface area contributed by atoms with Crippen LogP contribution in [-0.4, -0.2) is 35.9 Å². The number of H-pyrrole nitrogens is 1. The molecule has 1 saturated carbocycles. The summed E-state index contributed by atoms with van der Waals surface area (Å²) in [4.78, 5) is 52.4. The first-order valence-electron chi connectivity index (χ1n) is 11.0. The average Bonchev–Trinajstić information content (AvgIpc) is 2.84. The third-order valence-corrected chi connectivity index (χ3v) is 5.95. The minimum Gasteiger partial charge on any atom is -0.469 e. The van der Waals surface area contributed by atoms with Crippen LogP contribution in [0.25, 0.3) is 0 Å². The van der Waals surface area contributed by atoms with E-state index in [9.17, 15) is 19.2 Å². The van der Waals surface area contributed by atoms with Gasteiger partial charge < -0.3 is 20.4 Å². The van der Waals surface area contributed by atoms with Crippen molar-refractivity contribution in [3.8, 4) is 0 Å². The molecule has 0 aliphatic heterocycles. The molecule has 34 heavy (non-hydrogen) atoms. The third-order valence-electron chi connectivity index (χ3n) is 5.95. The Morgan fingerprint density at radius 2 is 1.53 bits per heavy atom. The van der Waals surface area contributed by atoms with Crippen molar-refractivity contribution in [2.75, 3.05) is 7.11 Å². The molecule has 0 unspecified atom stereocenters. The minimum atomic E-state index is -0.567. The Morgan fingerprint density at radius 3 is 2.06 bits per heavy atom. The predicted molar refractivity (Wildman–Crippen MR) is 125 cm³/mol. The van der Waals surface area contributed by atoms with Gasteiger partial charge in [-0.2, -0.15) is 0 Å². The van der Waals surface area contributed by atoms with Crippen molar-refractivity contribution < 1.29 is 19.1 Å². The van der Waals surface area contributed by atoms with E-state index in [0.29, 0.717) is 12.8 Å². The van der Waals surface area contributed by atoms with Gasteiger partial charge in [-0.25, -0.2) is 0 Å². The van der Waals surface area contributed by atoms with Gasteiger partial charge in [0, 0.05) is 18.3 Å². The Morgan fingerprint density at radius 1 is 0.941 bits per heavy atom. The molecule has 8 nitrogen and oxygen atoms in total. The van der Waals surface area contributed by atoms with Crippen LogP contribution in [0.15, 0.2) is 77.7 Å². The number of carbonyl (C=O) groups excluding carboxylic acids is 3. The molecule has 1 fully saturated rings. The number of hydrogen-bond donors (Lipinski definition) is 3. The van der Waals surface area contributed by atoms with Gasteiger partial charge in [0.15, 0.2) is 5.43 Å². The summed E-state index contributed by atoms with van der Waals surface area (Å²) in [6.45, 7) is 0. The quantitative estimate of drug-likeness (QED) is 0.470. The van der Waals surface area contributed by atoms with E-state index in [4.69, 9.17) is 4.74 Å². The Kier molecular flexibility index (Phi) is 6.87. The zero-order valence-corrected chi connectivity index (χ0v) is 18.6. The van der Waals surface area contributed by atoms with E-state index in [1.54, 1.807) is 0 Å². The molecule has 1 aliphatic carbocycles. The van der Waals surface area contributed by atoms with Crippen molar-refractivity contribution in [1.82, 2.24) is 15.6 Å². The maximum absolute atomic E-state index is 13.0. The number of nitrogens with one attached hydrogen (secondary N) is 3. The summed E-state index contributed by atoms with van der Waals surface area (Å²) >= 11 is 0. The number of hydrogen-bond acceptors (Lipinski definition) is 5. The molecule has 3 aromatic rings. The van der Waals surface area contributed by atoms with Crippen LogP contribution < -0.4 is 16.1 Å². The lowest BCUT2D eigenvalue weighted by Gasteiger charge is -2.33. The zero-order valence-electron chi connectivity index (χ0n) is 18.6. The monoisotopic (exact) mass is 459 g/mol. The molecule has 4 rings (SSSR count). The first kappa shape index (κ1) is 23.0. The lowest BCUT2D eigenvalue weighted by Crippen LogP contribution is -2.47. The standard InChI is InChI=1S/C26H25N3O5/c1-34-26(33)18-12-19(13-18)28-25(32)21-14-22(30)20(15-27-21)24(31)29-23(16-8-4-2-5-9-16)17-10-6-3-7-11-17/h2-11,14-15,18-19,23H,12-13H2,1H3,(H,27,30)(H,28,32)(H,29,31). The van der Waals surface area contributed by atoms with E-state index in [-0.39, 0.29) is 29.2 Å². The number of rotatable bonds is 7. The van der Waals surface area contributed by atoms with Crippen LogP contribution in [0.1, 0.15) is 50.9 Å². The number of benzene rings is 2. The van der Waals surface area contributed by atoms with Gasteiger partial charge in [-0.15, -0.1) is 0 Å². The number of methoxy groups -OCH3 is 1. The first-order valence-corrected chi connectivity index (χ1v) is 11.0. The molecular weight excluding hydrogens is 434 g/mol. The van der Waals surface area contributed by atoms with Crippen LogP contribution in [0.4, 0.5) is 0 Å². The van der Waals surface area contributed by atoms with E-state index in [0.717, 1.165) is 17.2 Å². The Hall–Kier alpha value is -4.20. The van der Waals surface area contributed by atoms with E-state index >= 15 is 0 Å². The van der Waals surface area contributed by atoms with Gasteiger partial charge in [-0.05, 0) is 24.0 Å². The lowest BCUT2D eigenvalue weighted by atomic mass is 9.80. The van der Waals surface area contributed by atoms with E-state index in [2.05, 4.69) is 15.6 Å². The highest BCUT2D eigenvalue weighted by Crippen LogP contribution is 2.28. The number of carbonyl (C=O) groups is 3. The zero-order chi connectivity index (χ0) is 24.1. The van der Waals surface area contributed by atoms with E-state index < -0.39 is 23.3 Å². The molecule has 0 radical (unpaired) electrons.